The smallest absolute Gasteiger partial charge is 0.191 e. The Morgan fingerprint density at radius 3 is 2.94 bits per heavy atom. The van der Waals surface area contributed by atoms with Gasteiger partial charge < -0.3 is 20.1 Å². The van der Waals surface area contributed by atoms with E-state index in [0.29, 0.717) is 19.7 Å². The van der Waals surface area contributed by atoms with Gasteiger partial charge >= 0.3 is 0 Å². The summed E-state index contributed by atoms with van der Waals surface area (Å²) in [5, 5.41) is 9.09. The molecular formula is C26H32N4O2. The van der Waals surface area contributed by atoms with E-state index < -0.39 is 0 Å². The summed E-state index contributed by atoms with van der Waals surface area (Å²) in [6, 6.07) is 16.6. The van der Waals surface area contributed by atoms with E-state index in [0.717, 1.165) is 54.3 Å². The molecule has 0 radical (unpaired) electrons. The SMILES string of the molecule is CCNC(=NCc1ccc(C)cc1OCC1CCCO1)NCc1nccc2ccccc12. The number of hydrogen-bond acceptors (Lipinski definition) is 4. The summed E-state index contributed by atoms with van der Waals surface area (Å²) in [7, 11) is 0. The molecule has 2 aromatic carbocycles. The van der Waals surface area contributed by atoms with Crippen LogP contribution in [0.2, 0.25) is 0 Å². The van der Waals surface area contributed by atoms with Gasteiger partial charge in [0.1, 0.15) is 12.4 Å². The first-order chi connectivity index (χ1) is 15.7. The van der Waals surface area contributed by atoms with Gasteiger partial charge in [-0.3, -0.25) is 4.98 Å². The molecule has 1 aromatic heterocycles. The molecule has 2 heterocycles. The zero-order valence-corrected chi connectivity index (χ0v) is 18.9. The summed E-state index contributed by atoms with van der Waals surface area (Å²) in [5.41, 5.74) is 3.24. The standard InChI is InChI=1S/C26H32N4O2/c1-3-27-26(30-17-24-23-9-5-4-7-20(23)12-13-28-24)29-16-21-11-10-19(2)15-25(21)32-18-22-8-6-14-31-22/h4-5,7,9-13,15,22H,3,6,8,14,16-18H2,1-2H3,(H2,27,29,30). The molecule has 0 saturated carbocycles. The first-order valence-electron chi connectivity index (χ1n) is 11.4. The normalized spacial score (nSPS) is 16.3. The third kappa shape index (κ3) is 5.77. The Balaban J connectivity index is 1.44. The fraction of sp³-hybridized carbons (Fsp3) is 0.385. The van der Waals surface area contributed by atoms with Crippen molar-refractivity contribution >= 4 is 16.7 Å². The second-order valence-corrected chi connectivity index (χ2v) is 8.08. The highest BCUT2D eigenvalue weighted by Crippen LogP contribution is 2.23. The van der Waals surface area contributed by atoms with Crippen molar-refractivity contribution in [1.29, 1.82) is 0 Å². The van der Waals surface area contributed by atoms with Crippen LogP contribution in [0.3, 0.4) is 0 Å². The quantitative estimate of drug-likeness (QED) is 0.409. The zero-order chi connectivity index (χ0) is 22.2. The number of fused-ring (bicyclic) bond motifs is 1. The van der Waals surface area contributed by atoms with E-state index in [-0.39, 0.29) is 6.10 Å². The van der Waals surface area contributed by atoms with Gasteiger partial charge in [0.05, 0.1) is 24.9 Å². The monoisotopic (exact) mass is 432 g/mol. The third-order valence-electron chi connectivity index (χ3n) is 5.60. The van der Waals surface area contributed by atoms with Gasteiger partial charge in [-0.05, 0) is 49.8 Å². The van der Waals surface area contributed by atoms with Gasteiger partial charge in [0, 0.05) is 30.3 Å². The second kappa shape index (κ2) is 11.0. The minimum absolute atomic E-state index is 0.194. The van der Waals surface area contributed by atoms with Crippen molar-refractivity contribution < 1.29 is 9.47 Å². The van der Waals surface area contributed by atoms with Crippen LogP contribution in [0.15, 0.2) is 59.7 Å². The predicted molar refractivity (Wildman–Crippen MR) is 129 cm³/mol. The molecule has 3 aromatic rings. The van der Waals surface area contributed by atoms with E-state index >= 15 is 0 Å². The molecule has 32 heavy (non-hydrogen) atoms. The fourth-order valence-electron chi connectivity index (χ4n) is 3.88. The van der Waals surface area contributed by atoms with Crippen LogP contribution in [0.25, 0.3) is 10.8 Å². The number of aryl methyl sites for hydroxylation is 1. The lowest BCUT2D eigenvalue weighted by atomic mass is 10.1. The summed E-state index contributed by atoms with van der Waals surface area (Å²) in [4.78, 5) is 9.37. The highest BCUT2D eigenvalue weighted by molar-refractivity contribution is 5.85. The molecule has 1 aliphatic rings. The van der Waals surface area contributed by atoms with Gasteiger partial charge in [0.25, 0.3) is 0 Å². The summed E-state index contributed by atoms with van der Waals surface area (Å²) in [6.45, 7) is 7.48. The summed E-state index contributed by atoms with van der Waals surface area (Å²) < 4.78 is 11.8. The molecule has 6 heteroatoms. The molecule has 168 valence electrons. The van der Waals surface area contributed by atoms with E-state index in [1.807, 2.05) is 24.4 Å². The number of aliphatic imine (C=N–C) groups is 1. The maximum absolute atomic E-state index is 6.13. The van der Waals surface area contributed by atoms with Crippen LogP contribution in [-0.2, 0) is 17.8 Å². The highest BCUT2D eigenvalue weighted by atomic mass is 16.5. The number of nitrogens with one attached hydrogen (secondary N) is 2. The molecular weight excluding hydrogens is 400 g/mol. The number of ether oxygens (including phenoxy) is 2. The van der Waals surface area contributed by atoms with Gasteiger partial charge in [0.15, 0.2) is 5.96 Å². The van der Waals surface area contributed by atoms with Crippen LogP contribution < -0.4 is 15.4 Å². The van der Waals surface area contributed by atoms with Gasteiger partial charge in [-0.2, -0.15) is 0 Å². The van der Waals surface area contributed by atoms with Crippen molar-refractivity contribution in [3.8, 4) is 5.75 Å². The second-order valence-electron chi connectivity index (χ2n) is 8.08. The van der Waals surface area contributed by atoms with Crippen LogP contribution in [-0.4, -0.2) is 36.8 Å². The Kier molecular flexibility index (Phi) is 7.56. The maximum Gasteiger partial charge on any atom is 0.191 e. The molecule has 1 aliphatic heterocycles. The van der Waals surface area contributed by atoms with Crippen LogP contribution in [0, 0.1) is 6.92 Å². The maximum atomic E-state index is 6.13. The number of aromatic nitrogens is 1. The zero-order valence-electron chi connectivity index (χ0n) is 18.9. The molecule has 0 spiro atoms. The minimum atomic E-state index is 0.194. The van der Waals surface area contributed by atoms with Gasteiger partial charge in [0.2, 0.25) is 0 Å². The third-order valence-corrected chi connectivity index (χ3v) is 5.60. The molecule has 0 aliphatic carbocycles. The Hall–Kier alpha value is -3.12. The van der Waals surface area contributed by atoms with Gasteiger partial charge in [-0.15, -0.1) is 0 Å². The van der Waals surface area contributed by atoms with Crippen molar-refractivity contribution in [2.75, 3.05) is 19.8 Å². The molecule has 0 amide bonds. The van der Waals surface area contributed by atoms with E-state index in [1.165, 1.54) is 10.9 Å². The van der Waals surface area contributed by atoms with Crippen LogP contribution >= 0.6 is 0 Å². The first-order valence-corrected chi connectivity index (χ1v) is 11.4. The van der Waals surface area contributed by atoms with Crippen LogP contribution in [0.4, 0.5) is 0 Å². The lowest BCUT2D eigenvalue weighted by Gasteiger charge is -2.16. The van der Waals surface area contributed by atoms with E-state index in [4.69, 9.17) is 14.5 Å². The molecule has 6 nitrogen and oxygen atoms in total. The highest BCUT2D eigenvalue weighted by Gasteiger charge is 2.17. The summed E-state index contributed by atoms with van der Waals surface area (Å²) in [6.07, 6.45) is 4.23. The molecule has 1 saturated heterocycles. The molecule has 4 rings (SSSR count). The van der Waals surface area contributed by atoms with Crippen molar-refractivity contribution in [3.05, 3.63) is 71.5 Å². The van der Waals surface area contributed by atoms with E-state index in [9.17, 15) is 0 Å². The van der Waals surface area contributed by atoms with Gasteiger partial charge in [-0.1, -0.05) is 36.4 Å². The number of pyridine rings is 1. The molecule has 1 unspecified atom stereocenters. The molecule has 0 bridgehead atoms. The molecule has 2 N–H and O–H groups in total. The summed E-state index contributed by atoms with van der Waals surface area (Å²) >= 11 is 0. The largest absolute Gasteiger partial charge is 0.491 e. The number of rotatable bonds is 8. The Labute approximate surface area is 190 Å². The van der Waals surface area contributed by atoms with Crippen molar-refractivity contribution in [2.24, 2.45) is 4.99 Å². The number of guanidine groups is 1. The number of nitrogens with zero attached hydrogens (tertiary/aromatic N) is 2. The lowest BCUT2D eigenvalue weighted by molar-refractivity contribution is 0.0676. The Morgan fingerprint density at radius 1 is 1.19 bits per heavy atom. The Morgan fingerprint density at radius 2 is 2.09 bits per heavy atom. The first kappa shape index (κ1) is 22.1. The van der Waals surface area contributed by atoms with Gasteiger partial charge in [-0.25, -0.2) is 4.99 Å². The topological polar surface area (TPSA) is 67.8 Å². The average Bonchev–Trinajstić information content (AvgIpc) is 3.34. The lowest BCUT2D eigenvalue weighted by Crippen LogP contribution is -2.37. The molecule has 1 fully saturated rings. The number of benzene rings is 2. The van der Waals surface area contributed by atoms with Crippen LogP contribution in [0.1, 0.15) is 36.6 Å². The number of hydrogen-bond donors (Lipinski definition) is 2. The fourth-order valence-corrected chi connectivity index (χ4v) is 3.88. The minimum Gasteiger partial charge on any atom is -0.491 e. The van der Waals surface area contributed by atoms with Crippen molar-refractivity contribution in [3.63, 3.8) is 0 Å². The average molecular weight is 433 g/mol. The Bertz CT molecular complexity index is 1060. The van der Waals surface area contributed by atoms with E-state index in [2.05, 4.69) is 59.8 Å². The van der Waals surface area contributed by atoms with E-state index in [1.54, 1.807) is 0 Å². The van der Waals surface area contributed by atoms with Crippen molar-refractivity contribution in [1.82, 2.24) is 15.6 Å². The summed E-state index contributed by atoms with van der Waals surface area (Å²) in [5.74, 6) is 1.64. The van der Waals surface area contributed by atoms with Crippen molar-refractivity contribution in [2.45, 2.75) is 45.9 Å². The van der Waals surface area contributed by atoms with Crippen LogP contribution in [0.5, 0.6) is 5.75 Å². The molecule has 1 atom stereocenters. The predicted octanol–water partition coefficient (Wildman–Crippen LogP) is 4.36.